The summed E-state index contributed by atoms with van der Waals surface area (Å²) in [7, 11) is 4.74. The first kappa shape index (κ1) is 39.7. The summed E-state index contributed by atoms with van der Waals surface area (Å²) >= 11 is 0. The van der Waals surface area contributed by atoms with E-state index in [0.29, 0.717) is 71.0 Å². The monoisotopic (exact) mass is 744 g/mol. The summed E-state index contributed by atoms with van der Waals surface area (Å²) in [5.74, 6) is -0.647. The van der Waals surface area contributed by atoms with Crippen LogP contribution in [0.1, 0.15) is 99.0 Å². The van der Waals surface area contributed by atoms with Crippen LogP contribution < -0.4 is 10.1 Å². The van der Waals surface area contributed by atoms with Gasteiger partial charge in [0.25, 0.3) is 0 Å². The van der Waals surface area contributed by atoms with Crippen molar-refractivity contribution in [2.24, 2.45) is 13.0 Å². The largest absolute Gasteiger partial charge is 0.494 e. The van der Waals surface area contributed by atoms with Gasteiger partial charge in [0.2, 0.25) is 0 Å². The molecular formula is C40H49FN6O7. The molecule has 1 atom stereocenters. The third-order valence-corrected chi connectivity index (χ3v) is 8.77. The molecule has 0 aliphatic rings. The van der Waals surface area contributed by atoms with Crippen molar-refractivity contribution in [3.63, 3.8) is 0 Å². The third kappa shape index (κ3) is 8.97. The van der Waals surface area contributed by atoms with Gasteiger partial charge in [-0.25, -0.2) is 28.7 Å². The number of hydrogen-bond donors (Lipinski definition) is 1. The Morgan fingerprint density at radius 2 is 1.72 bits per heavy atom. The fraction of sp³-hybridized carbons (Fsp3) is 0.450. The van der Waals surface area contributed by atoms with Crippen LogP contribution in [0.15, 0.2) is 42.6 Å². The van der Waals surface area contributed by atoms with E-state index in [9.17, 15) is 18.8 Å². The number of carbonyl (C=O) groups excluding carboxylic acids is 3. The Bertz CT molecular complexity index is 2170. The molecule has 5 rings (SSSR count). The first-order chi connectivity index (χ1) is 25.6. The molecule has 1 N–H and O–H groups in total. The molecule has 0 spiro atoms. The van der Waals surface area contributed by atoms with E-state index in [4.69, 9.17) is 28.9 Å². The molecule has 4 aromatic heterocycles. The van der Waals surface area contributed by atoms with E-state index in [2.05, 4.69) is 14.9 Å². The Balaban J connectivity index is 1.47. The van der Waals surface area contributed by atoms with Crippen LogP contribution in [0, 0.1) is 11.7 Å². The number of ether oxygens (including phenoxy) is 4. The van der Waals surface area contributed by atoms with Crippen molar-refractivity contribution < 1.29 is 37.7 Å². The highest BCUT2D eigenvalue weighted by atomic mass is 19.1. The minimum atomic E-state index is -0.706. The molecule has 13 nitrogen and oxygen atoms in total. The number of fused-ring (bicyclic) bond motifs is 2. The van der Waals surface area contributed by atoms with E-state index >= 15 is 0 Å². The Kier molecular flexibility index (Phi) is 12.2. The van der Waals surface area contributed by atoms with Crippen LogP contribution in [0.5, 0.6) is 5.75 Å². The topological polar surface area (TPSA) is 149 Å². The van der Waals surface area contributed by atoms with Crippen LogP contribution in [-0.2, 0) is 34.2 Å². The average Bonchev–Trinajstić information content (AvgIpc) is 3.64. The number of esters is 2. The van der Waals surface area contributed by atoms with Crippen molar-refractivity contribution in [3.05, 3.63) is 70.9 Å². The number of methoxy groups -OCH3 is 2. The summed E-state index contributed by atoms with van der Waals surface area (Å²) in [5.41, 5.74) is 3.28. The highest BCUT2D eigenvalue weighted by Crippen LogP contribution is 2.35. The van der Waals surface area contributed by atoms with Crippen molar-refractivity contribution in [2.45, 2.75) is 85.4 Å². The molecule has 54 heavy (non-hydrogen) atoms. The number of unbranched alkanes of at least 4 members (excludes halogenated alkanes) is 2. The first-order valence-corrected chi connectivity index (χ1v) is 18.0. The van der Waals surface area contributed by atoms with Crippen molar-refractivity contribution in [1.29, 1.82) is 0 Å². The number of carbonyl (C=O) groups is 3. The fourth-order valence-electron chi connectivity index (χ4n) is 6.22. The van der Waals surface area contributed by atoms with Crippen LogP contribution in [-0.4, -0.2) is 68.5 Å². The van der Waals surface area contributed by atoms with Gasteiger partial charge in [-0.2, -0.15) is 0 Å². The molecule has 288 valence electrons. The molecular weight excluding hydrogens is 695 g/mol. The summed E-state index contributed by atoms with van der Waals surface area (Å²) in [6.07, 6.45) is 3.29. The van der Waals surface area contributed by atoms with Crippen molar-refractivity contribution in [3.8, 4) is 17.3 Å². The van der Waals surface area contributed by atoms with Crippen LogP contribution in [0.2, 0.25) is 0 Å². The highest BCUT2D eigenvalue weighted by Gasteiger charge is 2.24. The van der Waals surface area contributed by atoms with Gasteiger partial charge in [-0.3, -0.25) is 4.98 Å². The second-order valence-electron chi connectivity index (χ2n) is 14.6. The average molecular weight is 745 g/mol. The number of alkyl carbamates (subject to hydrolysis) is 1. The summed E-state index contributed by atoms with van der Waals surface area (Å²) in [4.78, 5) is 52.1. The number of amides is 1. The maximum atomic E-state index is 14.8. The molecule has 0 aliphatic carbocycles. The number of aryl methyl sites for hydroxylation is 3. The minimum absolute atomic E-state index is 0.115. The Labute approximate surface area is 314 Å². The number of rotatable bonds is 14. The number of nitrogens with zero attached hydrogens (tertiary/aromatic N) is 5. The number of pyridine rings is 2. The summed E-state index contributed by atoms with van der Waals surface area (Å²) in [6, 6.07) is 9.87. The molecule has 0 saturated carbocycles. The molecule has 0 bridgehead atoms. The number of nitrogens with one attached hydrogen (secondary N) is 1. The Morgan fingerprint density at radius 3 is 2.41 bits per heavy atom. The van der Waals surface area contributed by atoms with Gasteiger partial charge < -0.3 is 33.4 Å². The molecule has 0 unspecified atom stereocenters. The van der Waals surface area contributed by atoms with E-state index in [1.165, 1.54) is 26.5 Å². The van der Waals surface area contributed by atoms with Crippen molar-refractivity contribution in [2.75, 3.05) is 20.8 Å². The standard InChI is InChI=1S/C40H49FN6O7/c1-23(2)22-53-38(49)33-27(41)16-17-42-29(33)13-11-10-12-18-47-31(36-45-30-19-26(37(48)52-9)21-32(51-8)34(30)46(36)7)20-25-14-15-28(44-35(25)47)24(3)43-39(50)54-40(4,5)6/h14-17,19-21,23-24H,10-13,18,22H2,1-9H3,(H,43,50)/t24-/m1/s1. The molecule has 1 amide bonds. The second-order valence-corrected chi connectivity index (χ2v) is 14.6. The minimum Gasteiger partial charge on any atom is -0.494 e. The van der Waals surface area contributed by atoms with Gasteiger partial charge in [0.15, 0.2) is 5.82 Å². The SMILES string of the molecule is COC(=O)c1cc(OC)c2c(c1)nc(-c1cc3ccc([C@@H](C)NC(=O)OC(C)(C)C)nc3n1CCCCCc1nccc(F)c1C(=O)OCC(C)C)n2C. The van der Waals surface area contributed by atoms with Gasteiger partial charge >= 0.3 is 18.0 Å². The van der Waals surface area contributed by atoms with Crippen molar-refractivity contribution in [1.82, 2.24) is 29.4 Å². The number of hydrogen-bond acceptors (Lipinski definition) is 10. The lowest BCUT2D eigenvalue weighted by Crippen LogP contribution is -2.34. The number of aromatic nitrogens is 5. The summed E-state index contributed by atoms with van der Waals surface area (Å²) in [5, 5.41) is 3.73. The molecule has 5 aromatic rings. The van der Waals surface area contributed by atoms with Gasteiger partial charge in [0.05, 0.1) is 55.0 Å². The van der Waals surface area contributed by atoms with E-state index in [0.717, 1.165) is 17.5 Å². The molecule has 0 saturated heterocycles. The maximum absolute atomic E-state index is 14.8. The zero-order chi connectivity index (χ0) is 39.3. The van der Waals surface area contributed by atoms with Crippen LogP contribution in [0.25, 0.3) is 33.6 Å². The predicted molar refractivity (Wildman–Crippen MR) is 202 cm³/mol. The molecule has 1 aromatic carbocycles. The van der Waals surface area contributed by atoms with E-state index in [1.807, 2.05) is 50.6 Å². The van der Waals surface area contributed by atoms with Gasteiger partial charge in [0, 0.05) is 25.2 Å². The number of benzene rings is 1. The van der Waals surface area contributed by atoms with Crippen LogP contribution in [0.4, 0.5) is 9.18 Å². The van der Waals surface area contributed by atoms with E-state index in [1.54, 1.807) is 32.9 Å². The quantitative estimate of drug-likeness (QED) is 0.0680. The molecule has 0 fully saturated rings. The van der Waals surface area contributed by atoms with Crippen LogP contribution >= 0.6 is 0 Å². The van der Waals surface area contributed by atoms with Gasteiger partial charge in [-0.05, 0) is 89.3 Å². The predicted octanol–water partition coefficient (Wildman–Crippen LogP) is 7.73. The third-order valence-electron chi connectivity index (χ3n) is 8.77. The normalized spacial score (nSPS) is 12.3. The van der Waals surface area contributed by atoms with Crippen molar-refractivity contribution >= 4 is 40.1 Å². The first-order valence-electron chi connectivity index (χ1n) is 18.0. The zero-order valence-electron chi connectivity index (χ0n) is 32.4. The van der Waals surface area contributed by atoms with Gasteiger partial charge in [0.1, 0.15) is 33.9 Å². The molecule has 14 heteroatoms. The Hall–Kier alpha value is -5.53. The molecule has 0 aliphatic heterocycles. The lowest BCUT2D eigenvalue weighted by molar-refractivity contribution is 0.0449. The summed E-state index contributed by atoms with van der Waals surface area (Å²) in [6.45, 7) is 11.8. The highest BCUT2D eigenvalue weighted by molar-refractivity contribution is 5.97. The Morgan fingerprint density at radius 1 is 0.963 bits per heavy atom. The second kappa shape index (κ2) is 16.6. The molecule has 4 heterocycles. The maximum Gasteiger partial charge on any atom is 0.408 e. The van der Waals surface area contributed by atoms with Crippen LogP contribution in [0.3, 0.4) is 0 Å². The lowest BCUT2D eigenvalue weighted by atomic mass is 10.1. The van der Waals surface area contributed by atoms with Gasteiger partial charge in [-0.1, -0.05) is 20.3 Å². The number of imidazole rings is 1. The number of halogens is 1. The van der Waals surface area contributed by atoms with E-state index in [-0.39, 0.29) is 18.1 Å². The smallest absolute Gasteiger partial charge is 0.408 e. The lowest BCUT2D eigenvalue weighted by Gasteiger charge is -2.22. The van der Waals surface area contributed by atoms with E-state index < -0.39 is 35.5 Å². The fourth-order valence-corrected chi connectivity index (χ4v) is 6.22. The zero-order valence-corrected chi connectivity index (χ0v) is 32.4. The molecule has 0 radical (unpaired) electrons. The summed E-state index contributed by atoms with van der Waals surface area (Å²) < 4.78 is 40.2. The van der Waals surface area contributed by atoms with Gasteiger partial charge in [-0.15, -0.1) is 0 Å².